The Labute approximate surface area is 160 Å². The lowest BCUT2D eigenvalue weighted by Gasteiger charge is -2.33. The highest BCUT2D eigenvalue weighted by molar-refractivity contribution is 6.32. The number of piperidine rings is 1. The molecule has 2 aliphatic rings. The molecule has 2 fully saturated rings. The lowest BCUT2D eigenvalue weighted by molar-refractivity contribution is 0.00635. The second kappa shape index (κ2) is 7.69. The van der Waals surface area contributed by atoms with Gasteiger partial charge in [0.25, 0.3) is 0 Å². The number of aliphatic hydroxyl groups is 1. The maximum absolute atomic E-state index is 11.0. The summed E-state index contributed by atoms with van der Waals surface area (Å²) in [6.45, 7) is 5.55. The first-order valence-electron chi connectivity index (χ1n) is 9.57. The Hall–Kier alpha value is -1.40. The van der Waals surface area contributed by atoms with Crippen LogP contribution in [0.25, 0.3) is 5.69 Å². The molecule has 1 aromatic carbocycles. The Morgan fingerprint density at radius 1 is 1.08 bits per heavy atom. The Bertz CT molecular complexity index is 743. The molecule has 2 saturated heterocycles. The summed E-state index contributed by atoms with van der Waals surface area (Å²) in [7, 11) is 0. The number of halogens is 1. The van der Waals surface area contributed by atoms with Crippen LogP contribution in [0.4, 0.5) is 0 Å². The van der Waals surface area contributed by atoms with Gasteiger partial charge in [-0.15, -0.1) is 0 Å². The number of hydrogen-bond donors (Lipinski definition) is 1. The van der Waals surface area contributed by atoms with Crippen LogP contribution in [0.3, 0.4) is 0 Å². The van der Waals surface area contributed by atoms with Gasteiger partial charge in [-0.05, 0) is 44.5 Å². The van der Waals surface area contributed by atoms with Crippen LogP contribution < -0.4 is 0 Å². The first-order valence-corrected chi connectivity index (χ1v) is 9.95. The average Bonchev–Trinajstić information content (AvgIpc) is 3.23. The van der Waals surface area contributed by atoms with E-state index in [9.17, 15) is 5.11 Å². The first-order chi connectivity index (χ1) is 12.6. The third kappa shape index (κ3) is 4.12. The molecule has 1 aromatic heterocycles. The van der Waals surface area contributed by atoms with Gasteiger partial charge < -0.3 is 10.0 Å². The molecule has 2 aromatic rings. The van der Waals surface area contributed by atoms with E-state index in [1.807, 2.05) is 41.3 Å². The van der Waals surface area contributed by atoms with Crippen molar-refractivity contribution in [3.05, 3.63) is 47.2 Å². The summed E-state index contributed by atoms with van der Waals surface area (Å²) in [5.74, 6) is 0. The van der Waals surface area contributed by atoms with Gasteiger partial charge in [0.15, 0.2) is 0 Å². The fourth-order valence-electron chi connectivity index (χ4n) is 4.21. The van der Waals surface area contributed by atoms with Crippen molar-refractivity contribution in [3.63, 3.8) is 0 Å². The van der Waals surface area contributed by atoms with Crippen molar-refractivity contribution in [1.29, 1.82) is 0 Å². The molecule has 0 amide bonds. The zero-order chi connectivity index (χ0) is 18.0. The van der Waals surface area contributed by atoms with E-state index in [1.165, 1.54) is 19.3 Å². The number of likely N-dealkylation sites (tertiary alicyclic amines) is 2. The third-order valence-electron chi connectivity index (χ3n) is 5.52. The largest absolute Gasteiger partial charge is 0.387 e. The molecule has 0 spiro atoms. The normalized spacial score (nSPS) is 25.0. The standard InChI is InChI=1S/C20H27ClN4O/c21-18-6-2-3-7-19(18)25-14-17(12-22-25)13-24-11-8-20(26,16-24)15-23-9-4-1-5-10-23/h2-3,6-7,12,14,26H,1,4-5,8-11,13,15-16H2/t20-/m1/s1. The molecule has 4 rings (SSSR count). The van der Waals surface area contributed by atoms with Crippen LogP contribution in [0.15, 0.2) is 36.7 Å². The molecule has 3 heterocycles. The number of benzene rings is 1. The zero-order valence-corrected chi connectivity index (χ0v) is 15.9. The molecule has 2 aliphatic heterocycles. The molecule has 140 valence electrons. The Morgan fingerprint density at radius 3 is 2.69 bits per heavy atom. The van der Waals surface area contributed by atoms with Crippen LogP contribution in [0.5, 0.6) is 0 Å². The Morgan fingerprint density at radius 2 is 1.88 bits per heavy atom. The lowest BCUT2D eigenvalue weighted by atomic mass is 10.0. The van der Waals surface area contributed by atoms with Crippen molar-refractivity contribution in [1.82, 2.24) is 19.6 Å². The highest BCUT2D eigenvalue weighted by atomic mass is 35.5. The minimum absolute atomic E-state index is 0.573. The summed E-state index contributed by atoms with van der Waals surface area (Å²) in [6.07, 6.45) is 8.63. The van der Waals surface area contributed by atoms with Gasteiger partial charge >= 0.3 is 0 Å². The molecule has 0 aliphatic carbocycles. The highest BCUT2D eigenvalue weighted by Gasteiger charge is 2.37. The fourth-order valence-corrected chi connectivity index (χ4v) is 4.43. The van der Waals surface area contributed by atoms with Crippen molar-refractivity contribution in [2.75, 3.05) is 32.7 Å². The molecule has 0 radical (unpaired) electrons. The van der Waals surface area contributed by atoms with Crippen LogP contribution in [-0.2, 0) is 6.54 Å². The van der Waals surface area contributed by atoms with E-state index >= 15 is 0 Å². The monoisotopic (exact) mass is 374 g/mol. The maximum atomic E-state index is 11.0. The number of para-hydroxylation sites is 1. The van der Waals surface area contributed by atoms with Crippen molar-refractivity contribution >= 4 is 11.6 Å². The lowest BCUT2D eigenvalue weighted by Crippen LogP contribution is -2.46. The molecular weight excluding hydrogens is 348 g/mol. The van der Waals surface area contributed by atoms with E-state index in [2.05, 4.69) is 14.9 Å². The Kier molecular flexibility index (Phi) is 5.32. The summed E-state index contributed by atoms with van der Waals surface area (Å²) >= 11 is 6.26. The molecule has 0 bridgehead atoms. The third-order valence-corrected chi connectivity index (χ3v) is 5.84. The van der Waals surface area contributed by atoms with Crippen molar-refractivity contribution < 1.29 is 5.11 Å². The molecule has 26 heavy (non-hydrogen) atoms. The summed E-state index contributed by atoms with van der Waals surface area (Å²) < 4.78 is 1.83. The van der Waals surface area contributed by atoms with Gasteiger partial charge in [0.1, 0.15) is 0 Å². The second-order valence-corrected chi connectivity index (χ2v) is 8.17. The number of aromatic nitrogens is 2. The molecule has 1 N–H and O–H groups in total. The summed E-state index contributed by atoms with van der Waals surface area (Å²) in [5.41, 5.74) is 1.46. The van der Waals surface area contributed by atoms with Crippen LogP contribution >= 0.6 is 11.6 Å². The van der Waals surface area contributed by atoms with Crippen molar-refractivity contribution in [2.24, 2.45) is 0 Å². The number of β-amino-alcohol motifs (C(OH)–C–C–N with tert-alkyl or cyclic N) is 1. The zero-order valence-electron chi connectivity index (χ0n) is 15.1. The number of nitrogens with zero attached hydrogens (tertiary/aromatic N) is 4. The van der Waals surface area contributed by atoms with Gasteiger partial charge in [0, 0.05) is 37.9 Å². The first kappa shape index (κ1) is 18.0. The topological polar surface area (TPSA) is 44.5 Å². The predicted molar refractivity (Wildman–Crippen MR) is 104 cm³/mol. The van der Waals surface area contributed by atoms with Crippen molar-refractivity contribution in [2.45, 2.75) is 37.8 Å². The van der Waals surface area contributed by atoms with Crippen LogP contribution in [0.2, 0.25) is 5.02 Å². The number of hydrogen-bond acceptors (Lipinski definition) is 4. The number of rotatable bonds is 5. The molecule has 0 saturated carbocycles. The van der Waals surface area contributed by atoms with E-state index < -0.39 is 5.60 Å². The van der Waals surface area contributed by atoms with Gasteiger partial charge in [-0.3, -0.25) is 4.90 Å². The predicted octanol–water partition coefficient (Wildman–Crippen LogP) is 2.95. The van der Waals surface area contributed by atoms with E-state index in [-0.39, 0.29) is 0 Å². The molecular formula is C20H27ClN4O. The van der Waals surface area contributed by atoms with Crippen LogP contribution in [0, 0.1) is 0 Å². The van der Waals surface area contributed by atoms with Crippen LogP contribution in [-0.4, -0.2) is 63.0 Å². The molecule has 6 heteroatoms. The van der Waals surface area contributed by atoms with E-state index in [0.717, 1.165) is 56.9 Å². The van der Waals surface area contributed by atoms with Gasteiger partial charge in [-0.25, -0.2) is 4.68 Å². The smallest absolute Gasteiger partial charge is 0.0912 e. The van der Waals surface area contributed by atoms with Gasteiger partial charge in [0.2, 0.25) is 0 Å². The van der Waals surface area contributed by atoms with Gasteiger partial charge in [-0.2, -0.15) is 5.10 Å². The minimum atomic E-state index is -0.573. The summed E-state index contributed by atoms with van der Waals surface area (Å²) in [5, 5.41) is 16.1. The van der Waals surface area contributed by atoms with Gasteiger partial charge in [-0.1, -0.05) is 30.2 Å². The van der Waals surface area contributed by atoms with E-state index in [4.69, 9.17) is 11.6 Å². The average molecular weight is 375 g/mol. The van der Waals surface area contributed by atoms with E-state index in [0.29, 0.717) is 5.02 Å². The summed E-state index contributed by atoms with van der Waals surface area (Å²) in [6, 6.07) is 7.72. The van der Waals surface area contributed by atoms with Crippen LogP contribution in [0.1, 0.15) is 31.2 Å². The highest BCUT2D eigenvalue weighted by Crippen LogP contribution is 2.26. The minimum Gasteiger partial charge on any atom is -0.387 e. The fraction of sp³-hybridized carbons (Fsp3) is 0.550. The second-order valence-electron chi connectivity index (χ2n) is 7.77. The summed E-state index contributed by atoms with van der Waals surface area (Å²) in [4.78, 5) is 4.76. The maximum Gasteiger partial charge on any atom is 0.0912 e. The quantitative estimate of drug-likeness (QED) is 0.873. The SMILES string of the molecule is O[C@@]1(CN2CCCCC2)CCN(Cc2cnn(-c3ccccc3Cl)c2)C1. The molecule has 1 atom stereocenters. The molecule has 0 unspecified atom stereocenters. The van der Waals surface area contributed by atoms with Crippen molar-refractivity contribution in [3.8, 4) is 5.69 Å². The Balaban J connectivity index is 1.36. The molecule has 5 nitrogen and oxygen atoms in total. The van der Waals surface area contributed by atoms with Gasteiger partial charge in [0.05, 0.1) is 22.5 Å². The van der Waals surface area contributed by atoms with E-state index in [1.54, 1.807) is 0 Å².